The predicted molar refractivity (Wildman–Crippen MR) is 112 cm³/mol. The summed E-state index contributed by atoms with van der Waals surface area (Å²) in [4.78, 5) is 14.2. The number of nitrogens with one attached hydrogen (secondary N) is 1. The number of halogens is 2. The van der Waals surface area contributed by atoms with Crippen molar-refractivity contribution in [3.05, 3.63) is 64.1 Å². The van der Waals surface area contributed by atoms with E-state index in [-0.39, 0.29) is 21.6 Å². The van der Waals surface area contributed by atoms with Crippen LogP contribution in [0.25, 0.3) is 0 Å². The van der Waals surface area contributed by atoms with Crippen LogP contribution in [0.4, 0.5) is 10.1 Å². The van der Waals surface area contributed by atoms with Gasteiger partial charge in [-0.25, -0.2) is 9.18 Å². The van der Waals surface area contributed by atoms with E-state index in [0.29, 0.717) is 22.5 Å². The van der Waals surface area contributed by atoms with Crippen molar-refractivity contribution in [3.8, 4) is 11.5 Å². The van der Waals surface area contributed by atoms with E-state index in [9.17, 15) is 14.3 Å². The van der Waals surface area contributed by atoms with E-state index in [1.807, 2.05) is 0 Å². The van der Waals surface area contributed by atoms with Gasteiger partial charge in [-0.1, -0.05) is 17.7 Å². The molecule has 0 unspecified atom stereocenters. The molecule has 1 heterocycles. The van der Waals surface area contributed by atoms with Gasteiger partial charge in [0.15, 0.2) is 16.6 Å². The Labute approximate surface area is 177 Å². The van der Waals surface area contributed by atoms with Crippen LogP contribution >= 0.6 is 23.8 Å². The van der Waals surface area contributed by atoms with Gasteiger partial charge in [0.2, 0.25) is 0 Å². The standard InChI is InChI=1S/C20H18ClFN2O4S/c1-10-17(19(26)28-3)18(11-4-7-15(25)16(8-11)27-2)23-20(29)24(10)12-5-6-14(22)13(21)9-12/h4-9,18,25H,1-3H3,(H,23,29)/t18-/m1/s1. The molecule has 0 radical (unpaired) electrons. The lowest BCUT2D eigenvalue weighted by Crippen LogP contribution is -2.48. The minimum Gasteiger partial charge on any atom is -0.504 e. The number of phenolic OH excluding ortho intramolecular Hbond substituents is 1. The molecular weight excluding hydrogens is 419 g/mol. The smallest absolute Gasteiger partial charge is 0.337 e. The molecule has 29 heavy (non-hydrogen) atoms. The average Bonchev–Trinajstić information content (AvgIpc) is 2.70. The minimum atomic E-state index is -0.642. The summed E-state index contributed by atoms with van der Waals surface area (Å²) in [7, 11) is 2.71. The lowest BCUT2D eigenvalue weighted by molar-refractivity contribution is -0.136. The van der Waals surface area contributed by atoms with Gasteiger partial charge >= 0.3 is 5.97 Å². The zero-order chi connectivity index (χ0) is 21.3. The van der Waals surface area contributed by atoms with Gasteiger partial charge < -0.3 is 19.9 Å². The third-order valence-corrected chi connectivity index (χ3v) is 5.18. The molecule has 0 fully saturated rings. The van der Waals surface area contributed by atoms with Crippen molar-refractivity contribution in [1.29, 1.82) is 0 Å². The molecule has 0 aliphatic carbocycles. The summed E-state index contributed by atoms with van der Waals surface area (Å²) in [5.74, 6) is -0.898. The van der Waals surface area contributed by atoms with Crippen molar-refractivity contribution in [3.63, 3.8) is 0 Å². The molecule has 2 aromatic rings. The Kier molecular flexibility index (Phi) is 5.95. The molecule has 0 bridgehead atoms. The number of hydrogen-bond donors (Lipinski definition) is 2. The van der Waals surface area contributed by atoms with Crippen LogP contribution in [0.2, 0.25) is 5.02 Å². The topological polar surface area (TPSA) is 71.0 Å². The van der Waals surface area contributed by atoms with Crippen LogP contribution in [0.3, 0.4) is 0 Å². The molecule has 3 rings (SSSR count). The second-order valence-corrected chi connectivity index (χ2v) is 7.03. The molecule has 0 spiro atoms. The van der Waals surface area contributed by atoms with Crippen LogP contribution < -0.4 is 15.0 Å². The van der Waals surface area contributed by atoms with Gasteiger partial charge in [-0.05, 0) is 55.0 Å². The molecule has 2 aromatic carbocycles. The van der Waals surface area contributed by atoms with Crippen molar-refractivity contribution < 1.29 is 23.8 Å². The third-order valence-electron chi connectivity index (χ3n) is 4.59. The Morgan fingerprint density at radius 1 is 1.28 bits per heavy atom. The minimum absolute atomic E-state index is 0.0301. The number of carbonyl (C=O) groups is 1. The van der Waals surface area contributed by atoms with E-state index in [1.165, 1.54) is 38.5 Å². The Hall–Kier alpha value is -2.84. The van der Waals surface area contributed by atoms with Crippen LogP contribution in [0.1, 0.15) is 18.5 Å². The maximum Gasteiger partial charge on any atom is 0.337 e. The largest absolute Gasteiger partial charge is 0.504 e. The van der Waals surface area contributed by atoms with Crippen molar-refractivity contribution in [1.82, 2.24) is 5.32 Å². The summed E-state index contributed by atoms with van der Waals surface area (Å²) in [5, 5.41) is 13.2. The van der Waals surface area contributed by atoms with E-state index in [1.54, 1.807) is 24.0 Å². The zero-order valence-corrected chi connectivity index (χ0v) is 17.4. The van der Waals surface area contributed by atoms with Crippen molar-refractivity contribution in [2.75, 3.05) is 19.1 Å². The molecule has 1 aliphatic heterocycles. The predicted octanol–water partition coefficient (Wildman–Crippen LogP) is 4.08. The third kappa shape index (κ3) is 3.86. The fraction of sp³-hybridized carbons (Fsp3) is 0.200. The van der Waals surface area contributed by atoms with Gasteiger partial charge in [0, 0.05) is 11.4 Å². The van der Waals surface area contributed by atoms with Crippen LogP contribution in [0, 0.1) is 5.82 Å². The Morgan fingerprint density at radius 3 is 2.62 bits per heavy atom. The molecule has 1 aliphatic rings. The number of hydrogen-bond acceptors (Lipinski definition) is 5. The molecule has 0 saturated carbocycles. The summed E-state index contributed by atoms with van der Waals surface area (Å²) in [6.45, 7) is 1.71. The molecular formula is C20H18ClFN2O4S. The number of carbonyl (C=O) groups excluding carboxylic acids is 1. The van der Waals surface area contributed by atoms with E-state index >= 15 is 0 Å². The van der Waals surface area contributed by atoms with Gasteiger partial charge in [0.05, 0.1) is 30.9 Å². The monoisotopic (exact) mass is 436 g/mol. The van der Waals surface area contributed by atoms with Crippen molar-refractivity contribution in [2.24, 2.45) is 0 Å². The van der Waals surface area contributed by atoms with Crippen molar-refractivity contribution in [2.45, 2.75) is 13.0 Å². The molecule has 6 nitrogen and oxygen atoms in total. The fourth-order valence-corrected chi connectivity index (χ4v) is 3.71. The molecule has 9 heteroatoms. The first kappa shape index (κ1) is 20.9. The Bertz CT molecular complexity index is 1030. The SMILES string of the molecule is COC(=O)C1=C(C)N(c2ccc(F)c(Cl)c2)C(=S)N[C@@H]1c1ccc(O)c(OC)c1. The molecule has 1 atom stereocenters. The summed E-state index contributed by atoms with van der Waals surface area (Å²) in [6.07, 6.45) is 0. The Balaban J connectivity index is 2.15. The van der Waals surface area contributed by atoms with E-state index in [2.05, 4.69) is 5.32 Å². The molecule has 2 N–H and O–H groups in total. The summed E-state index contributed by atoms with van der Waals surface area (Å²) in [6, 6.07) is 8.24. The number of allylic oxidation sites excluding steroid dienone is 1. The fourth-order valence-electron chi connectivity index (χ4n) is 3.18. The van der Waals surface area contributed by atoms with E-state index < -0.39 is 17.8 Å². The first-order valence-corrected chi connectivity index (χ1v) is 9.28. The highest BCUT2D eigenvalue weighted by Gasteiger charge is 2.35. The summed E-state index contributed by atoms with van der Waals surface area (Å²) >= 11 is 11.4. The molecule has 0 aromatic heterocycles. The highest BCUT2D eigenvalue weighted by atomic mass is 35.5. The lowest BCUT2D eigenvalue weighted by atomic mass is 9.94. The second-order valence-electron chi connectivity index (χ2n) is 6.24. The Morgan fingerprint density at radius 2 is 2.00 bits per heavy atom. The number of rotatable bonds is 4. The highest BCUT2D eigenvalue weighted by Crippen LogP contribution is 2.37. The maximum absolute atomic E-state index is 13.6. The van der Waals surface area contributed by atoms with Crippen LogP contribution in [0.15, 0.2) is 47.7 Å². The number of methoxy groups -OCH3 is 2. The van der Waals surface area contributed by atoms with E-state index in [4.69, 9.17) is 33.3 Å². The van der Waals surface area contributed by atoms with Gasteiger partial charge in [0.25, 0.3) is 0 Å². The average molecular weight is 437 g/mol. The summed E-state index contributed by atoms with van der Waals surface area (Å²) < 4.78 is 23.7. The number of aromatic hydroxyl groups is 1. The van der Waals surface area contributed by atoms with Crippen molar-refractivity contribution >= 4 is 40.6 Å². The molecule has 0 amide bonds. The van der Waals surface area contributed by atoms with Gasteiger partial charge in [-0.2, -0.15) is 0 Å². The summed E-state index contributed by atoms with van der Waals surface area (Å²) in [5.41, 5.74) is 1.93. The van der Waals surface area contributed by atoms with Crippen LogP contribution in [-0.4, -0.2) is 30.4 Å². The number of thiocarbonyl (C=S) groups is 1. The number of anilines is 1. The number of phenols is 1. The van der Waals surface area contributed by atoms with E-state index in [0.717, 1.165) is 0 Å². The van der Waals surface area contributed by atoms with Crippen LogP contribution in [-0.2, 0) is 9.53 Å². The van der Waals surface area contributed by atoms with Gasteiger partial charge in [0.1, 0.15) is 5.82 Å². The number of benzene rings is 2. The quantitative estimate of drug-likeness (QED) is 0.552. The molecule has 152 valence electrons. The normalized spacial score (nSPS) is 16.5. The van der Waals surface area contributed by atoms with Crippen LogP contribution in [0.5, 0.6) is 11.5 Å². The first-order valence-electron chi connectivity index (χ1n) is 8.50. The van der Waals surface area contributed by atoms with Gasteiger partial charge in [-0.3, -0.25) is 4.90 Å². The maximum atomic E-state index is 13.6. The van der Waals surface area contributed by atoms with Gasteiger partial charge in [-0.15, -0.1) is 0 Å². The number of esters is 1. The second kappa shape index (κ2) is 8.26. The number of nitrogens with zero attached hydrogens (tertiary/aromatic N) is 1. The molecule has 0 saturated heterocycles. The number of ether oxygens (including phenoxy) is 2. The lowest BCUT2D eigenvalue weighted by Gasteiger charge is -2.37. The first-order chi connectivity index (χ1) is 13.8. The zero-order valence-electron chi connectivity index (χ0n) is 15.8. The highest BCUT2D eigenvalue weighted by molar-refractivity contribution is 7.80.